The highest BCUT2D eigenvalue weighted by atomic mass is 16.2. The standard InChI is InChI=1S/C36H48N6O3/c1-37-36(45)42(21-7-25-43)34-12-5-11-33-32(34)19-24-41(33)30-17-22-39(23-18-30)31-10-6-20-40(26-31)29-15-13-27(14-16-29)35(44)38-28-8-3-2-4-9-28/h5,11-16,19,24-25,28,30-31H,2-4,6-10,17-18,20-23,26H2,1H3,(H,37,45)(H,38,44). The quantitative estimate of drug-likeness (QED) is 0.301. The van der Waals surface area contributed by atoms with Crippen LogP contribution in [0, 0.1) is 0 Å². The van der Waals surface area contributed by atoms with Crippen LogP contribution >= 0.6 is 0 Å². The fraction of sp³-hybridized carbons (Fsp3) is 0.528. The SMILES string of the molecule is CNC(=O)N(CCC=O)c1cccc2c1ccn2C1CCN(C2CCCN(c3ccc(C(=O)NC4CCCCC4)cc3)C2)CC1. The molecule has 2 aromatic carbocycles. The number of aldehydes is 1. The number of nitrogens with zero attached hydrogens (tertiary/aromatic N) is 4. The lowest BCUT2D eigenvalue weighted by Gasteiger charge is -2.43. The van der Waals surface area contributed by atoms with E-state index >= 15 is 0 Å². The molecule has 3 heterocycles. The van der Waals surface area contributed by atoms with Gasteiger partial charge in [-0.25, -0.2) is 4.79 Å². The third-order valence-electron chi connectivity index (χ3n) is 10.2. The lowest BCUT2D eigenvalue weighted by molar-refractivity contribution is -0.107. The van der Waals surface area contributed by atoms with Gasteiger partial charge in [0.1, 0.15) is 6.29 Å². The molecule has 2 N–H and O–H groups in total. The number of hydrogen-bond donors (Lipinski definition) is 2. The molecular weight excluding hydrogens is 564 g/mol. The number of hydrogen-bond acceptors (Lipinski definition) is 5. The van der Waals surface area contributed by atoms with Crippen molar-refractivity contribution in [3.8, 4) is 0 Å². The number of urea groups is 1. The van der Waals surface area contributed by atoms with Crippen LogP contribution in [0.1, 0.15) is 80.6 Å². The van der Waals surface area contributed by atoms with E-state index in [1.165, 1.54) is 37.8 Å². The smallest absolute Gasteiger partial charge is 0.321 e. The first kappa shape index (κ1) is 31.1. The van der Waals surface area contributed by atoms with Crippen molar-refractivity contribution in [3.05, 3.63) is 60.3 Å². The van der Waals surface area contributed by atoms with E-state index in [2.05, 4.69) is 55.5 Å². The van der Waals surface area contributed by atoms with Crippen molar-refractivity contribution in [2.75, 3.05) is 49.6 Å². The molecule has 1 unspecified atom stereocenters. The van der Waals surface area contributed by atoms with Gasteiger partial charge in [-0.3, -0.25) is 14.6 Å². The molecule has 3 fully saturated rings. The molecule has 1 atom stereocenters. The van der Waals surface area contributed by atoms with Gasteiger partial charge < -0.3 is 24.9 Å². The third-order valence-corrected chi connectivity index (χ3v) is 10.2. The van der Waals surface area contributed by atoms with Crippen molar-refractivity contribution in [2.45, 2.75) is 82.3 Å². The molecule has 9 heteroatoms. The second kappa shape index (κ2) is 14.5. The molecule has 2 saturated heterocycles. The van der Waals surface area contributed by atoms with Crippen molar-refractivity contribution in [2.24, 2.45) is 0 Å². The average molecular weight is 613 g/mol. The fourth-order valence-electron chi connectivity index (χ4n) is 7.73. The van der Waals surface area contributed by atoms with E-state index in [1.807, 2.05) is 24.3 Å². The normalized spacial score (nSPS) is 20.2. The van der Waals surface area contributed by atoms with E-state index in [4.69, 9.17) is 0 Å². The highest BCUT2D eigenvalue weighted by Crippen LogP contribution is 2.34. The number of anilines is 2. The van der Waals surface area contributed by atoms with Crippen LogP contribution in [0.2, 0.25) is 0 Å². The van der Waals surface area contributed by atoms with Gasteiger partial charge in [-0.15, -0.1) is 0 Å². The largest absolute Gasteiger partial charge is 0.370 e. The second-order valence-electron chi connectivity index (χ2n) is 13.0. The highest BCUT2D eigenvalue weighted by molar-refractivity contribution is 6.02. The summed E-state index contributed by atoms with van der Waals surface area (Å²) in [7, 11) is 1.62. The summed E-state index contributed by atoms with van der Waals surface area (Å²) < 4.78 is 2.39. The number of rotatable bonds is 9. The van der Waals surface area contributed by atoms with Crippen LogP contribution in [-0.4, -0.2) is 79.5 Å². The number of nitrogens with one attached hydrogen (secondary N) is 2. The van der Waals surface area contributed by atoms with Gasteiger partial charge in [0, 0.05) is 87.2 Å². The average Bonchev–Trinajstić information content (AvgIpc) is 3.54. The van der Waals surface area contributed by atoms with Crippen molar-refractivity contribution in [1.29, 1.82) is 0 Å². The number of piperidine rings is 2. The third kappa shape index (κ3) is 7.03. The molecule has 6 rings (SSSR count). The second-order valence-corrected chi connectivity index (χ2v) is 13.0. The Morgan fingerprint density at radius 3 is 2.40 bits per heavy atom. The predicted molar refractivity (Wildman–Crippen MR) is 180 cm³/mol. The number of fused-ring (bicyclic) bond motifs is 1. The molecule has 0 spiro atoms. The molecule has 3 aliphatic rings. The van der Waals surface area contributed by atoms with Gasteiger partial charge >= 0.3 is 6.03 Å². The highest BCUT2D eigenvalue weighted by Gasteiger charge is 2.30. The van der Waals surface area contributed by atoms with E-state index in [9.17, 15) is 14.4 Å². The minimum atomic E-state index is -0.206. The zero-order valence-electron chi connectivity index (χ0n) is 26.6. The summed E-state index contributed by atoms with van der Waals surface area (Å²) in [5.74, 6) is 0.0567. The summed E-state index contributed by atoms with van der Waals surface area (Å²) in [5.41, 5.74) is 3.93. The number of carbonyl (C=O) groups excluding carboxylic acids is 3. The molecule has 3 aromatic rings. The van der Waals surface area contributed by atoms with E-state index in [1.54, 1.807) is 11.9 Å². The zero-order valence-corrected chi connectivity index (χ0v) is 26.6. The molecule has 2 aliphatic heterocycles. The Balaban J connectivity index is 1.06. The Kier molecular flexibility index (Phi) is 10.0. The van der Waals surface area contributed by atoms with Crippen LogP contribution in [-0.2, 0) is 4.79 Å². The first-order valence-electron chi connectivity index (χ1n) is 17.0. The Bertz CT molecular complexity index is 1460. The molecule has 0 radical (unpaired) electrons. The number of amides is 3. The fourth-order valence-corrected chi connectivity index (χ4v) is 7.73. The molecule has 9 nitrogen and oxygen atoms in total. The van der Waals surface area contributed by atoms with Crippen LogP contribution in [0.15, 0.2) is 54.7 Å². The van der Waals surface area contributed by atoms with Crippen LogP contribution in [0.25, 0.3) is 10.9 Å². The Hall–Kier alpha value is -3.85. The number of benzene rings is 2. The first-order valence-corrected chi connectivity index (χ1v) is 17.0. The Morgan fingerprint density at radius 1 is 0.889 bits per heavy atom. The Labute approximate surface area is 266 Å². The number of likely N-dealkylation sites (tertiary alicyclic amines) is 1. The Morgan fingerprint density at radius 2 is 1.67 bits per heavy atom. The maximum atomic E-state index is 12.8. The van der Waals surface area contributed by atoms with E-state index < -0.39 is 0 Å². The summed E-state index contributed by atoms with van der Waals surface area (Å²) in [5, 5.41) is 6.99. The van der Waals surface area contributed by atoms with Crippen molar-refractivity contribution in [3.63, 3.8) is 0 Å². The van der Waals surface area contributed by atoms with Gasteiger partial charge in [0.25, 0.3) is 5.91 Å². The van der Waals surface area contributed by atoms with Crippen molar-refractivity contribution < 1.29 is 14.4 Å². The van der Waals surface area contributed by atoms with E-state index in [0.717, 1.165) is 80.3 Å². The minimum Gasteiger partial charge on any atom is -0.370 e. The van der Waals surface area contributed by atoms with Gasteiger partial charge in [-0.2, -0.15) is 0 Å². The van der Waals surface area contributed by atoms with Gasteiger partial charge in [-0.05, 0) is 81.0 Å². The molecular formula is C36H48N6O3. The zero-order chi connectivity index (χ0) is 31.2. The monoisotopic (exact) mass is 612 g/mol. The number of carbonyl (C=O) groups is 3. The maximum absolute atomic E-state index is 12.8. The molecule has 1 aromatic heterocycles. The molecule has 45 heavy (non-hydrogen) atoms. The van der Waals surface area contributed by atoms with Gasteiger partial charge in [0.15, 0.2) is 0 Å². The summed E-state index contributed by atoms with van der Waals surface area (Å²) in [6.07, 6.45) is 13.8. The molecule has 0 bridgehead atoms. The predicted octanol–water partition coefficient (Wildman–Crippen LogP) is 5.74. The molecule has 3 amide bonds. The van der Waals surface area contributed by atoms with E-state index in [-0.39, 0.29) is 11.9 Å². The van der Waals surface area contributed by atoms with Crippen molar-refractivity contribution in [1.82, 2.24) is 20.1 Å². The van der Waals surface area contributed by atoms with E-state index in [0.29, 0.717) is 31.1 Å². The molecule has 240 valence electrons. The lowest BCUT2D eigenvalue weighted by Crippen LogP contribution is -2.50. The van der Waals surface area contributed by atoms with Crippen molar-refractivity contribution >= 4 is 40.5 Å². The van der Waals surface area contributed by atoms with Crippen LogP contribution in [0.4, 0.5) is 16.2 Å². The molecule has 1 aliphatic carbocycles. The van der Waals surface area contributed by atoms with Gasteiger partial charge in [-0.1, -0.05) is 25.3 Å². The van der Waals surface area contributed by atoms with Gasteiger partial charge in [0.05, 0.1) is 11.2 Å². The van der Waals surface area contributed by atoms with Crippen LogP contribution < -0.4 is 20.4 Å². The molecule has 1 saturated carbocycles. The number of aromatic nitrogens is 1. The summed E-state index contributed by atoms with van der Waals surface area (Å²) in [6.45, 7) is 4.55. The summed E-state index contributed by atoms with van der Waals surface area (Å²) in [6, 6.07) is 17.5. The summed E-state index contributed by atoms with van der Waals surface area (Å²) >= 11 is 0. The maximum Gasteiger partial charge on any atom is 0.321 e. The summed E-state index contributed by atoms with van der Waals surface area (Å²) in [4.78, 5) is 43.4. The van der Waals surface area contributed by atoms with Gasteiger partial charge in [0.2, 0.25) is 0 Å². The first-order chi connectivity index (χ1) is 22.1. The van der Waals surface area contributed by atoms with Crippen LogP contribution in [0.3, 0.4) is 0 Å². The topological polar surface area (TPSA) is 89.9 Å². The van der Waals surface area contributed by atoms with Crippen LogP contribution in [0.5, 0.6) is 0 Å². The minimum absolute atomic E-state index is 0.0567. The lowest BCUT2D eigenvalue weighted by atomic mass is 9.95.